The summed E-state index contributed by atoms with van der Waals surface area (Å²) in [6, 6.07) is 0. The second-order valence-electron chi connectivity index (χ2n) is 3.53. The molecule has 4 N–H and O–H groups in total. The molecule has 1 amide bonds. The number of nitrogens with zero attached hydrogens (tertiary/aromatic N) is 2. The Morgan fingerprint density at radius 1 is 1.53 bits per heavy atom. The van der Waals surface area contributed by atoms with Crippen LogP contribution in [-0.4, -0.2) is 43.5 Å². The summed E-state index contributed by atoms with van der Waals surface area (Å²) in [5.41, 5.74) is 5.97. The standard InChI is InChI=1S/C8H15N5O3S/c1-13-5-6(9)7(12-13)8(14)10-3-4-11-17(2,15)16/h5,11H,3-4,9H2,1-2H3,(H,10,14). The van der Waals surface area contributed by atoms with Crippen LogP contribution in [0.5, 0.6) is 0 Å². The van der Waals surface area contributed by atoms with Crippen molar-refractivity contribution in [2.24, 2.45) is 7.05 Å². The number of aryl methyl sites for hydroxylation is 1. The molecule has 1 rings (SSSR count). The van der Waals surface area contributed by atoms with Gasteiger partial charge >= 0.3 is 0 Å². The number of carbonyl (C=O) groups excluding carboxylic acids is 1. The average Bonchev–Trinajstić information content (AvgIpc) is 2.51. The molecule has 1 aromatic heterocycles. The summed E-state index contributed by atoms with van der Waals surface area (Å²) in [4.78, 5) is 11.6. The minimum Gasteiger partial charge on any atom is -0.396 e. The van der Waals surface area contributed by atoms with Gasteiger partial charge in [-0.2, -0.15) is 5.10 Å². The molecule has 0 bridgehead atoms. The highest BCUT2D eigenvalue weighted by atomic mass is 32.2. The van der Waals surface area contributed by atoms with Crippen LogP contribution in [0, 0.1) is 0 Å². The van der Waals surface area contributed by atoms with Crippen molar-refractivity contribution in [1.29, 1.82) is 0 Å². The van der Waals surface area contributed by atoms with E-state index >= 15 is 0 Å². The van der Waals surface area contributed by atoms with E-state index in [-0.39, 0.29) is 24.5 Å². The van der Waals surface area contributed by atoms with Crippen molar-refractivity contribution >= 4 is 21.6 Å². The van der Waals surface area contributed by atoms with E-state index in [4.69, 9.17) is 5.73 Å². The lowest BCUT2D eigenvalue weighted by atomic mass is 10.3. The van der Waals surface area contributed by atoms with Crippen LogP contribution in [0.1, 0.15) is 10.5 Å². The smallest absolute Gasteiger partial charge is 0.273 e. The Kier molecular flexibility index (Phi) is 4.07. The first kappa shape index (κ1) is 13.5. The maximum atomic E-state index is 11.6. The zero-order valence-electron chi connectivity index (χ0n) is 9.60. The zero-order chi connectivity index (χ0) is 13.1. The maximum Gasteiger partial charge on any atom is 0.273 e. The first-order chi connectivity index (χ1) is 7.79. The molecule has 0 atom stereocenters. The molecule has 1 aromatic rings. The van der Waals surface area contributed by atoms with Gasteiger partial charge in [-0.1, -0.05) is 0 Å². The van der Waals surface area contributed by atoms with Crippen LogP contribution >= 0.6 is 0 Å². The van der Waals surface area contributed by atoms with Gasteiger partial charge < -0.3 is 11.1 Å². The number of hydrogen-bond acceptors (Lipinski definition) is 5. The molecule has 0 saturated heterocycles. The molecular weight excluding hydrogens is 246 g/mol. The monoisotopic (exact) mass is 261 g/mol. The third-order valence-corrected chi connectivity index (χ3v) is 2.58. The number of nitrogen functional groups attached to an aromatic ring is 1. The Bertz CT molecular complexity index is 507. The van der Waals surface area contributed by atoms with Gasteiger partial charge in [0.15, 0.2) is 5.69 Å². The molecule has 0 fully saturated rings. The number of nitrogens with one attached hydrogen (secondary N) is 2. The van der Waals surface area contributed by atoms with E-state index < -0.39 is 15.9 Å². The second-order valence-corrected chi connectivity index (χ2v) is 5.36. The fourth-order valence-corrected chi connectivity index (χ4v) is 1.65. The number of sulfonamides is 1. The average molecular weight is 261 g/mol. The van der Waals surface area contributed by atoms with E-state index in [0.717, 1.165) is 6.26 Å². The van der Waals surface area contributed by atoms with Gasteiger partial charge in [0, 0.05) is 26.3 Å². The Hall–Kier alpha value is -1.61. The van der Waals surface area contributed by atoms with Crippen molar-refractivity contribution in [3.05, 3.63) is 11.9 Å². The maximum absolute atomic E-state index is 11.6. The van der Waals surface area contributed by atoms with Gasteiger partial charge in [-0.15, -0.1) is 0 Å². The van der Waals surface area contributed by atoms with Gasteiger partial charge in [0.05, 0.1) is 11.9 Å². The lowest BCUT2D eigenvalue weighted by molar-refractivity contribution is 0.0949. The summed E-state index contributed by atoms with van der Waals surface area (Å²) >= 11 is 0. The van der Waals surface area contributed by atoms with Crippen molar-refractivity contribution in [2.45, 2.75) is 0 Å². The number of amides is 1. The van der Waals surface area contributed by atoms with Crippen LogP contribution in [-0.2, 0) is 17.1 Å². The van der Waals surface area contributed by atoms with Crippen LogP contribution in [0.4, 0.5) is 5.69 Å². The summed E-state index contributed by atoms with van der Waals surface area (Å²) in [6.45, 7) is 0.291. The summed E-state index contributed by atoms with van der Waals surface area (Å²) in [7, 11) is -1.59. The summed E-state index contributed by atoms with van der Waals surface area (Å²) in [5, 5.41) is 6.38. The number of nitrogens with two attached hydrogens (primary N) is 1. The zero-order valence-corrected chi connectivity index (χ0v) is 10.4. The lowest BCUT2D eigenvalue weighted by Crippen LogP contribution is -2.34. The van der Waals surface area contributed by atoms with Crippen LogP contribution in [0.15, 0.2) is 6.20 Å². The van der Waals surface area contributed by atoms with Gasteiger partial charge in [-0.05, 0) is 0 Å². The molecule has 0 aliphatic carbocycles. The Labute approximate surface area is 99.2 Å². The van der Waals surface area contributed by atoms with Crippen LogP contribution < -0.4 is 15.8 Å². The van der Waals surface area contributed by atoms with Crippen molar-refractivity contribution in [3.8, 4) is 0 Å². The first-order valence-corrected chi connectivity index (χ1v) is 6.70. The summed E-state index contributed by atoms with van der Waals surface area (Å²) in [6.07, 6.45) is 2.56. The number of anilines is 1. The van der Waals surface area contributed by atoms with Crippen LogP contribution in [0.3, 0.4) is 0 Å². The van der Waals surface area contributed by atoms with Crippen molar-refractivity contribution in [3.63, 3.8) is 0 Å². The van der Waals surface area contributed by atoms with Crippen molar-refractivity contribution in [2.75, 3.05) is 25.1 Å². The molecule has 0 saturated carbocycles. The molecule has 17 heavy (non-hydrogen) atoms. The Morgan fingerprint density at radius 2 is 2.18 bits per heavy atom. The number of carbonyl (C=O) groups is 1. The highest BCUT2D eigenvalue weighted by Gasteiger charge is 2.13. The highest BCUT2D eigenvalue weighted by Crippen LogP contribution is 2.06. The first-order valence-electron chi connectivity index (χ1n) is 4.81. The van der Waals surface area contributed by atoms with E-state index in [2.05, 4.69) is 15.1 Å². The third kappa shape index (κ3) is 4.41. The Morgan fingerprint density at radius 3 is 2.65 bits per heavy atom. The molecule has 1 heterocycles. The molecule has 0 radical (unpaired) electrons. The lowest BCUT2D eigenvalue weighted by Gasteiger charge is -2.04. The van der Waals surface area contributed by atoms with Crippen molar-refractivity contribution < 1.29 is 13.2 Å². The second kappa shape index (κ2) is 5.15. The number of rotatable bonds is 5. The van der Waals surface area contributed by atoms with E-state index in [1.54, 1.807) is 7.05 Å². The molecule has 0 aliphatic heterocycles. The summed E-state index contributed by atoms with van der Waals surface area (Å²) in [5.74, 6) is -0.432. The molecular formula is C8H15N5O3S. The number of aromatic nitrogens is 2. The third-order valence-electron chi connectivity index (χ3n) is 1.85. The summed E-state index contributed by atoms with van der Waals surface area (Å²) < 4.78 is 25.2. The predicted octanol–water partition coefficient (Wildman–Crippen LogP) is -1.72. The minimum atomic E-state index is -3.24. The van der Waals surface area contributed by atoms with Crippen molar-refractivity contribution in [1.82, 2.24) is 19.8 Å². The molecule has 0 unspecified atom stereocenters. The molecule has 96 valence electrons. The fourth-order valence-electron chi connectivity index (χ4n) is 1.18. The molecule has 9 heteroatoms. The van der Waals surface area contributed by atoms with Gasteiger partial charge in [0.2, 0.25) is 10.0 Å². The quantitative estimate of drug-likeness (QED) is 0.545. The largest absolute Gasteiger partial charge is 0.396 e. The van der Waals surface area contributed by atoms with Gasteiger partial charge in [-0.3, -0.25) is 9.48 Å². The SMILES string of the molecule is Cn1cc(N)c(C(=O)NCCNS(C)(=O)=O)n1. The fraction of sp³-hybridized carbons (Fsp3) is 0.500. The molecule has 0 aromatic carbocycles. The topological polar surface area (TPSA) is 119 Å². The van der Waals surface area contributed by atoms with Gasteiger partial charge in [-0.25, -0.2) is 13.1 Å². The molecule has 0 aliphatic rings. The van der Waals surface area contributed by atoms with E-state index in [9.17, 15) is 13.2 Å². The Balaban J connectivity index is 2.43. The predicted molar refractivity (Wildman–Crippen MR) is 62.8 cm³/mol. The van der Waals surface area contributed by atoms with Gasteiger partial charge in [0.1, 0.15) is 0 Å². The highest BCUT2D eigenvalue weighted by molar-refractivity contribution is 7.88. The minimum absolute atomic E-state index is 0.122. The molecule has 0 spiro atoms. The number of hydrogen-bond donors (Lipinski definition) is 3. The van der Waals surface area contributed by atoms with E-state index in [0.29, 0.717) is 0 Å². The van der Waals surface area contributed by atoms with Crippen LogP contribution in [0.25, 0.3) is 0 Å². The normalized spacial score (nSPS) is 11.4. The molecule has 8 nitrogen and oxygen atoms in total. The van der Waals surface area contributed by atoms with Gasteiger partial charge in [0.25, 0.3) is 5.91 Å². The van der Waals surface area contributed by atoms with Crippen LogP contribution in [0.2, 0.25) is 0 Å². The van der Waals surface area contributed by atoms with E-state index in [1.807, 2.05) is 0 Å². The van der Waals surface area contributed by atoms with E-state index in [1.165, 1.54) is 10.9 Å².